The Kier molecular flexibility index (Phi) is 5.36. The van der Waals surface area contributed by atoms with E-state index < -0.39 is 0 Å². The molecule has 3 aromatic carbocycles. The molecule has 27 heavy (non-hydrogen) atoms. The zero-order valence-corrected chi connectivity index (χ0v) is 15.7. The van der Waals surface area contributed by atoms with Gasteiger partial charge in [-0.1, -0.05) is 41.5 Å². The lowest BCUT2D eigenvalue weighted by Crippen LogP contribution is -2.15. The highest BCUT2D eigenvalue weighted by Gasteiger charge is 2.10. The summed E-state index contributed by atoms with van der Waals surface area (Å²) < 4.78 is 0. The van der Waals surface area contributed by atoms with Crippen LogP contribution in [0, 0.1) is 20.8 Å². The summed E-state index contributed by atoms with van der Waals surface area (Å²) in [7, 11) is 0. The third-order valence-electron chi connectivity index (χ3n) is 4.25. The van der Waals surface area contributed by atoms with Crippen molar-refractivity contribution >= 4 is 23.2 Å². The van der Waals surface area contributed by atoms with Crippen LogP contribution in [0.4, 0.5) is 11.4 Å². The highest BCUT2D eigenvalue weighted by molar-refractivity contribution is 6.07. The van der Waals surface area contributed by atoms with Crippen LogP contribution < -0.4 is 10.6 Å². The highest BCUT2D eigenvalue weighted by Crippen LogP contribution is 2.18. The van der Waals surface area contributed by atoms with Crippen molar-refractivity contribution in [3.05, 3.63) is 94.5 Å². The zero-order valence-electron chi connectivity index (χ0n) is 15.7. The molecule has 0 aliphatic heterocycles. The Labute approximate surface area is 159 Å². The van der Waals surface area contributed by atoms with Gasteiger partial charge in [0.25, 0.3) is 11.8 Å². The Morgan fingerprint density at radius 3 is 1.89 bits per heavy atom. The van der Waals surface area contributed by atoms with Gasteiger partial charge in [0.15, 0.2) is 0 Å². The lowest BCUT2D eigenvalue weighted by atomic mass is 10.1. The van der Waals surface area contributed by atoms with E-state index in [2.05, 4.69) is 10.6 Å². The lowest BCUT2D eigenvalue weighted by molar-refractivity contribution is 0.101. The molecule has 0 aliphatic carbocycles. The Bertz CT molecular complexity index is 989. The van der Waals surface area contributed by atoms with Gasteiger partial charge in [-0.2, -0.15) is 0 Å². The van der Waals surface area contributed by atoms with Crippen LogP contribution in [0.5, 0.6) is 0 Å². The quantitative estimate of drug-likeness (QED) is 0.680. The average Bonchev–Trinajstić information content (AvgIpc) is 2.61. The standard InChI is InChI=1S/C23H22N2O2/c1-15-11-16(2)13-18(12-15)22(26)24-19-8-6-9-20(14-19)25-23(27)21-10-5-4-7-17(21)3/h4-14H,1-3H3,(H,24,26)(H,25,27). The number of aryl methyl sites for hydroxylation is 3. The highest BCUT2D eigenvalue weighted by atomic mass is 16.2. The first-order valence-corrected chi connectivity index (χ1v) is 8.79. The number of hydrogen-bond acceptors (Lipinski definition) is 2. The predicted octanol–water partition coefficient (Wildman–Crippen LogP) is 5.12. The van der Waals surface area contributed by atoms with Gasteiger partial charge in [-0.25, -0.2) is 0 Å². The molecule has 0 atom stereocenters. The van der Waals surface area contributed by atoms with Crippen LogP contribution in [-0.2, 0) is 0 Å². The third-order valence-corrected chi connectivity index (χ3v) is 4.25. The van der Waals surface area contributed by atoms with Gasteiger partial charge in [0, 0.05) is 22.5 Å². The van der Waals surface area contributed by atoms with E-state index in [0.29, 0.717) is 22.5 Å². The second-order valence-corrected chi connectivity index (χ2v) is 6.68. The van der Waals surface area contributed by atoms with Crippen molar-refractivity contribution in [3.63, 3.8) is 0 Å². The summed E-state index contributed by atoms with van der Waals surface area (Å²) in [5.74, 6) is -0.352. The fourth-order valence-electron chi connectivity index (χ4n) is 3.01. The van der Waals surface area contributed by atoms with Gasteiger partial charge in [0.2, 0.25) is 0 Å². The second-order valence-electron chi connectivity index (χ2n) is 6.68. The maximum absolute atomic E-state index is 12.5. The minimum Gasteiger partial charge on any atom is -0.322 e. The molecule has 0 spiro atoms. The van der Waals surface area contributed by atoms with Gasteiger partial charge in [0.1, 0.15) is 0 Å². The first-order chi connectivity index (χ1) is 12.9. The van der Waals surface area contributed by atoms with Crippen LogP contribution in [0.15, 0.2) is 66.7 Å². The molecule has 0 saturated heterocycles. The summed E-state index contributed by atoms with van der Waals surface area (Å²) in [6.45, 7) is 5.83. The van der Waals surface area contributed by atoms with Crippen LogP contribution in [0.2, 0.25) is 0 Å². The summed E-state index contributed by atoms with van der Waals surface area (Å²) >= 11 is 0. The maximum Gasteiger partial charge on any atom is 0.255 e. The fraction of sp³-hybridized carbons (Fsp3) is 0.130. The van der Waals surface area contributed by atoms with E-state index >= 15 is 0 Å². The van der Waals surface area contributed by atoms with Gasteiger partial charge in [0.05, 0.1) is 0 Å². The third kappa shape index (κ3) is 4.61. The number of rotatable bonds is 4. The summed E-state index contributed by atoms with van der Waals surface area (Å²) in [6.07, 6.45) is 0. The van der Waals surface area contributed by atoms with Crippen molar-refractivity contribution in [1.82, 2.24) is 0 Å². The van der Waals surface area contributed by atoms with Crippen LogP contribution >= 0.6 is 0 Å². The normalized spacial score (nSPS) is 10.3. The van der Waals surface area contributed by atoms with Gasteiger partial charge in [-0.15, -0.1) is 0 Å². The summed E-state index contributed by atoms with van der Waals surface area (Å²) in [5.41, 5.74) is 5.49. The monoisotopic (exact) mass is 358 g/mol. The molecule has 136 valence electrons. The summed E-state index contributed by atoms with van der Waals surface area (Å²) in [4.78, 5) is 25.0. The number of amides is 2. The van der Waals surface area contributed by atoms with E-state index in [1.807, 2.05) is 57.2 Å². The molecular weight excluding hydrogens is 336 g/mol. The first-order valence-electron chi connectivity index (χ1n) is 8.79. The Morgan fingerprint density at radius 1 is 0.667 bits per heavy atom. The predicted molar refractivity (Wildman–Crippen MR) is 109 cm³/mol. The molecule has 2 N–H and O–H groups in total. The van der Waals surface area contributed by atoms with E-state index in [4.69, 9.17) is 0 Å². The molecule has 4 heteroatoms. The number of nitrogens with one attached hydrogen (secondary N) is 2. The number of benzene rings is 3. The van der Waals surface area contributed by atoms with E-state index in [0.717, 1.165) is 16.7 Å². The number of carbonyl (C=O) groups is 2. The SMILES string of the molecule is Cc1cc(C)cc(C(=O)Nc2cccc(NC(=O)c3ccccc3C)c2)c1. The van der Waals surface area contributed by atoms with Crippen molar-refractivity contribution in [2.75, 3.05) is 10.6 Å². The molecule has 0 fully saturated rings. The Hall–Kier alpha value is -3.40. The molecule has 0 radical (unpaired) electrons. The first kappa shape index (κ1) is 18.4. The molecule has 0 unspecified atom stereocenters. The number of anilines is 2. The van der Waals surface area contributed by atoms with E-state index in [9.17, 15) is 9.59 Å². The minimum absolute atomic E-state index is 0.175. The molecule has 0 heterocycles. The topological polar surface area (TPSA) is 58.2 Å². The van der Waals surface area contributed by atoms with E-state index in [-0.39, 0.29) is 11.8 Å². The van der Waals surface area contributed by atoms with E-state index in [1.165, 1.54) is 0 Å². The molecule has 0 aromatic heterocycles. The molecule has 0 saturated carbocycles. The van der Waals surface area contributed by atoms with Crippen LogP contribution in [0.25, 0.3) is 0 Å². The Morgan fingerprint density at radius 2 is 1.26 bits per heavy atom. The van der Waals surface area contributed by atoms with Crippen LogP contribution in [0.1, 0.15) is 37.4 Å². The average molecular weight is 358 g/mol. The van der Waals surface area contributed by atoms with Gasteiger partial charge >= 0.3 is 0 Å². The molecule has 2 amide bonds. The van der Waals surface area contributed by atoms with Crippen molar-refractivity contribution in [2.45, 2.75) is 20.8 Å². The van der Waals surface area contributed by atoms with Gasteiger partial charge in [-0.05, 0) is 62.7 Å². The molecule has 0 aliphatic rings. The van der Waals surface area contributed by atoms with Crippen molar-refractivity contribution in [2.24, 2.45) is 0 Å². The number of hydrogen-bond donors (Lipinski definition) is 2. The summed E-state index contributed by atoms with van der Waals surface area (Å²) in [5, 5.41) is 5.77. The Balaban J connectivity index is 1.74. The smallest absolute Gasteiger partial charge is 0.255 e. The van der Waals surface area contributed by atoms with Gasteiger partial charge in [-0.3, -0.25) is 9.59 Å². The lowest BCUT2D eigenvalue weighted by Gasteiger charge is -2.11. The molecule has 3 rings (SSSR count). The van der Waals surface area contributed by atoms with Crippen molar-refractivity contribution in [1.29, 1.82) is 0 Å². The number of carbonyl (C=O) groups excluding carboxylic acids is 2. The maximum atomic E-state index is 12.5. The van der Waals surface area contributed by atoms with Crippen molar-refractivity contribution < 1.29 is 9.59 Å². The largest absolute Gasteiger partial charge is 0.322 e. The van der Waals surface area contributed by atoms with Crippen molar-refractivity contribution in [3.8, 4) is 0 Å². The molecular formula is C23H22N2O2. The van der Waals surface area contributed by atoms with Gasteiger partial charge < -0.3 is 10.6 Å². The fourth-order valence-corrected chi connectivity index (χ4v) is 3.01. The molecule has 0 bridgehead atoms. The molecule has 3 aromatic rings. The second kappa shape index (κ2) is 7.87. The van der Waals surface area contributed by atoms with E-state index in [1.54, 1.807) is 30.3 Å². The minimum atomic E-state index is -0.177. The zero-order chi connectivity index (χ0) is 19.4. The summed E-state index contributed by atoms with van der Waals surface area (Å²) in [6, 6.07) is 20.3. The van der Waals surface area contributed by atoms with Crippen LogP contribution in [0.3, 0.4) is 0 Å². The van der Waals surface area contributed by atoms with Crippen LogP contribution in [-0.4, -0.2) is 11.8 Å². The molecule has 4 nitrogen and oxygen atoms in total.